The van der Waals surface area contributed by atoms with Gasteiger partial charge in [-0.25, -0.2) is 0 Å². The summed E-state index contributed by atoms with van der Waals surface area (Å²) in [5.74, 6) is 0.183. The van der Waals surface area contributed by atoms with E-state index < -0.39 is 0 Å². The van der Waals surface area contributed by atoms with E-state index in [0.29, 0.717) is 18.7 Å². The minimum Gasteiger partial charge on any atom is -0.356 e. The number of amides is 2. The second-order valence-electron chi connectivity index (χ2n) is 5.32. The maximum absolute atomic E-state index is 12.3. The smallest absolute Gasteiger partial charge is 0.255 e. The molecule has 2 amide bonds. The number of piperidine rings is 1. The van der Waals surface area contributed by atoms with Gasteiger partial charge in [0.25, 0.3) is 5.91 Å². The Morgan fingerprint density at radius 1 is 1.32 bits per heavy atom. The van der Waals surface area contributed by atoms with E-state index in [1.807, 2.05) is 4.90 Å². The molecule has 3 rings (SSSR count). The van der Waals surface area contributed by atoms with Gasteiger partial charge in [-0.05, 0) is 31.4 Å². The Labute approximate surface area is 112 Å². The van der Waals surface area contributed by atoms with E-state index in [-0.39, 0.29) is 17.2 Å². The van der Waals surface area contributed by atoms with Crippen molar-refractivity contribution in [2.75, 3.05) is 19.6 Å². The van der Waals surface area contributed by atoms with E-state index in [9.17, 15) is 9.59 Å². The molecular weight excluding hydrogens is 242 g/mol. The molecule has 1 aromatic rings. The summed E-state index contributed by atoms with van der Waals surface area (Å²) >= 11 is 0. The molecular formula is C14H17N3O2. The molecule has 2 aliphatic rings. The van der Waals surface area contributed by atoms with Crippen molar-refractivity contribution < 1.29 is 9.59 Å². The molecule has 0 saturated carbocycles. The van der Waals surface area contributed by atoms with Gasteiger partial charge < -0.3 is 10.2 Å². The van der Waals surface area contributed by atoms with Crippen molar-refractivity contribution >= 4 is 11.8 Å². The van der Waals surface area contributed by atoms with E-state index >= 15 is 0 Å². The van der Waals surface area contributed by atoms with Gasteiger partial charge >= 0.3 is 0 Å². The fraction of sp³-hybridized carbons (Fsp3) is 0.500. The zero-order chi connectivity index (χ0) is 13.3. The second kappa shape index (κ2) is 4.64. The van der Waals surface area contributed by atoms with Gasteiger partial charge in [0.05, 0.1) is 11.0 Å². The van der Waals surface area contributed by atoms with Gasteiger partial charge in [0.2, 0.25) is 5.91 Å². The minimum absolute atomic E-state index is 0.0151. The van der Waals surface area contributed by atoms with Gasteiger partial charge in [-0.2, -0.15) is 0 Å². The number of hydrogen-bond acceptors (Lipinski definition) is 3. The molecule has 5 nitrogen and oxygen atoms in total. The van der Waals surface area contributed by atoms with Crippen molar-refractivity contribution in [1.29, 1.82) is 0 Å². The summed E-state index contributed by atoms with van der Waals surface area (Å²) < 4.78 is 0. The lowest BCUT2D eigenvalue weighted by atomic mass is 9.77. The highest BCUT2D eigenvalue weighted by atomic mass is 16.2. The second-order valence-corrected chi connectivity index (χ2v) is 5.32. The number of hydrogen-bond donors (Lipinski definition) is 1. The van der Waals surface area contributed by atoms with Crippen molar-refractivity contribution in [3.63, 3.8) is 0 Å². The van der Waals surface area contributed by atoms with Crippen LogP contribution >= 0.6 is 0 Å². The molecule has 2 saturated heterocycles. The molecule has 0 bridgehead atoms. The molecule has 2 fully saturated rings. The van der Waals surface area contributed by atoms with Crippen LogP contribution in [0.5, 0.6) is 0 Å². The first kappa shape index (κ1) is 12.1. The summed E-state index contributed by atoms with van der Waals surface area (Å²) in [6.45, 7) is 2.08. The number of nitrogens with one attached hydrogen (secondary N) is 1. The van der Waals surface area contributed by atoms with Crippen LogP contribution < -0.4 is 5.32 Å². The quantitative estimate of drug-likeness (QED) is 0.812. The van der Waals surface area contributed by atoms with Gasteiger partial charge in [-0.1, -0.05) is 0 Å². The van der Waals surface area contributed by atoms with Gasteiger partial charge in [-0.15, -0.1) is 0 Å². The standard InChI is InChI=1S/C14H17N3O2/c18-12(11-2-1-6-15-10-11)17-8-4-14(5-9-17)3-7-16-13(14)19/h1-2,6,10H,3-5,7-9H2,(H,16,19). The molecule has 1 spiro atoms. The average Bonchev–Trinajstić information content (AvgIpc) is 2.81. The molecule has 0 aromatic carbocycles. The normalized spacial score (nSPS) is 21.5. The highest BCUT2D eigenvalue weighted by molar-refractivity contribution is 5.94. The molecule has 0 atom stereocenters. The fourth-order valence-corrected chi connectivity index (χ4v) is 3.00. The van der Waals surface area contributed by atoms with Crippen molar-refractivity contribution in [3.05, 3.63) is 30.1 Å². The van der Waals surface area contributed by atoms with E-state index in [1.54, 1.807) is 24.5 Å². The number of carbonyl (C=O) groups is 2. The largest absolute Gasteiger partial charge is 0.356 e. The van der Waals surface area contributed by atoms with Gasteiger partial charge in [-0.3, -0.25) is 14.6 Å². The topological polar surface area (TPSA) is 62.3 Å². The van der Waals surface area contributed by atoms with Crippen LogP contribution in [0.3, 0.4) is 0 Å². The SMILES string of the molecule is O=C(c1cccnc1)N1CCC2(CCNC2=O)CC1. The van der Waals surface area contributed by atoms with Crippen molar-refractivity contribution in [2.45, 2.75) is 19.3 Å². The average molecular weight is 259 g/mol. The summed E-state index contributed by atoms with van der Waals surface area (Å²) in [7, 11) is 0. The Bertz CT molecular complexity index is 493. The Kier molecular flexibility index (Phi) is 2.97. The number of rotatable bonds is 1. The van der Waals surface area contributed by atoms with Crippen LogP contribution in [-0.4, -0.2) is 41.3 Å². The van der Waals surface area contributed by atoms with Crippen LogP contribution in [0, 0.1) is 5.41 Å². The lowest BCUT2D eigenvalue weighted by Crippen LogP contribution is -2.46. The lowest BCUT2D eigenvalue weighted by Gasteiger charge is -2.37. The molecule has 1 N–H and O–H groups in total. The zero-order valence-corrected chi connectivity index (χ0v) is 10.8. The monoisotopic (exact) mass is 259 g/mol. The molecule has 2 aliphatic heterocycles. The van der Waals surface area contributed by atoms with Crippen LogP contribution in [0.1, 0.15) is 29.6 Å². The van der Waals surface area contributed by atoms with Crippen LogP contribution in [0.25, 0.3) is 0 Å². The van der Waals surface area contributed by atoms with Gasteiger partial charge in [0.1, 0.15) is 0 Å². The third-order valence-electron chi connectivity index (χ3n) is 4.29. The third kappa shape index (κ3) is 2.09. The Hall–Kier alpha value is -1.91. The van der Waals surface area contributed by atoms with Crippen molar-refractivity contribution in [2.24, 2.45) is 5.41 Å². The number of nitrogens with zero attached hydrogens (tertiary/aromatic N) is 2. The molecule has 0 aliphatic carbocycles. The number of pyridine rings is 1. The van der Waals surface area contributed by atoms with Crippen LogP contribution in [0.15, 0.2) is 24.5 Å². The molecule has 0 unspecified atom stereocenters. The number of carbonyl (C=O) groups excluding carboxylic acids is 2. The summed E-state index contributed by atoms with van der Waals surface area (Å²) in [4.78, 5) is 29.9. The van der Waals surface area contributed by atoms with E-state index in [4.69, 9.17) is 0 Å². The van der Waals surface area contributed by atoms with Crippen LogP contribution in [-0.2, 0) is 4.79 Å². The first-order chi connectivity index (χ1) is 9.21. The zero-order valence-electron chi connectivity index (χ0n) is 10.8. The van der Waals surface area contributed by atoms with Crippen LogP contribution in [0.2, 0.25) is 0 Å². The molecule has 0 radical (unpaired) electrons. The predicted molar refractivity (Wildman–Crippen MR) is 69.4 cm³/mol. The summed E-state index contributed by atoms with van der Waals surface area (Å²) in [5, 5.41) is 2.90. The first-order valence-electron chi connectivity index (χ1n) is 6.69. The predicted octanol–water partition coefficient (Wildman–Crippen LogP) is 0.824. The summed E-state index contributed by atoms with van der Waals surface area (Å²) in [5.41, 5.74) is 0.403. The summed E-state index contributed by atoms with van der Waals surface area (Å²) in [6, 6.07) is 3.55. The maximum atomic E-state index is 12.3. The van der Waals surface area contributed by atoms with E-state index in [0.717, 1.165) is 25.8 Å². The Morgan fingerprint density at radius 3 is 2.68 bits per heavy atom. The van der Waals surface area contributed by atoms with E-state index in [1.165, 1.54) is 0 Å². The van der Waals surface area contributed by atoms with E-state index in [2.05, 4.69) is 10.3 Å². The molecule has 1 aromatic heterocycles. The van der Waals surface area contributed by atoms with Crippen molar-refractivity contribution in [3.8, 4) is 0 Å². The van der Waals surface area contributed by atoms with Crippen LogP contribution in [0.4, 0.5) is 0 Å². The molecule has 5 heteroatoms. The maximum Gasteiger partial charge on any atom is 0.255 e. The lowest BCUT2D eigenvalue weighted by molar-refractivity contribution is -0.129. The molecule has 100 valence electrons. The third-order valence-corrected chi connectivity index (χ3v) is 4.29. The first-order valence-corrected chi connectivity index (χ1v) is 6.69. The van der Waals surface area contributed by atoms with Crippen molar-refractivity contribution in [1.82, 2.24) is 15.2 Å². The highest BCUT2D eigenvalue weighted by Gasteiger charge is 2.44. The summed E-state index contributed by atoms with van der Waals surface area (Å²) in [6.07, 6.45) is 5.69. The highest BCUT2D eigenvalue weighted by Crippen LogP contribution is 2.38. The molecule has 19 heavy (non-hydrogen) atoms. The number of likely N-dealkylation sites (tertiary alicyclic amines) is 1. The van der Waals surface area contributed by atoms with Gasteiger partial charge in [0.15, 0.2) is 0 Å². The van der Waals surface area contributed by atoms with Gasteiger partial charge in [0, 0.05) is 32.0 Å². The Morgan fingerprint density at radius 2 is 2.11 bits per heavy atom. The Balaban J connectivity index is 1.68. The minimum atomic E-state index is -0.217. The number of aromatic nitrogens is 1. The molecule has 3 heterocycles. The fourth-order valence-electron chi connectivity index (χ4n) is 3.00.